The van der Waals surface area contributed by atoms with E-state index in [-0.39, 0.29) is 11.8 Å². The molecule has 0 bridgehead atoms. The van der Waals surface area contributed by atoms with Crippen LogP contribution in [-0.2, 0) is 15.0 Å². The normalized spacial score (nSPS) is 25.0. The molecule has 2 aromatic carbocycles. The standard InChI is InChI=1S/C24H20ClFN2O2/c1-13-6-8-16(26)11-17(13)22-24(18-9-7-15(25)10-20(18)27-23(24)30)19(12-21(29)28-22)14-4-2-3-5-14/h4,6-12,22H,2-3,5H2,1H3,(H,27,30)(H,28,29). The largest absolute Gasteiger partial charge is 0.344 e. The molecule has 2 amide bonds. The van der Waals surface area contributed by atoms with Crippen LogP contribution < -0.4 is 10.6 Å². The van der Waals surface area contributed by atoms with Crippen LogP contribution in [0, 0.1) is 12.7 Å². The number of anilines is 1. The van der Waals surface area contributed by atoms with Gasteiger partial charge in [-0.05, 0) is 78.3 Å². The second kappa shape index (κ2) is 6.81. The van der Waals surface area contributed by atoms with Gasteiger partial charge in [0, 0.05) is 16.8 Å². The minimum atomic E-state index is -1.19. The number of benzene rings is 2. The van der Waals surface area contributed by atoms with Crippen molar-refractivity contribution in [1.82, 2.24) is 5.32 Å². The van der Waals surface area contributed by atoms with Crippen LogP contribution in [0.1, 0.15) is 42.0 Å². The lowest BCUT2D eigenvalue weighted by atomic mass is 9.63. The molecule has 0 aromatic heterocycles. The van der Waals surface area contributed by atoms with Crippen molar-refractivity contribution in [1.29, 1.82) is 0 Å². The van der Waals surface area contributed by atoms with Gasteiger partial charge >= 0.3 is 0 Å². The molecular weight excluding hydrogens is 403 g/mol. The smallest absolute Gasteiger partial charge is 0.244 e. The third-order valence-electron chi connectivity index (χ3n) is 6.37. The predicted molar refractivity (Wildman–Crippen MR) is 114 cm³/mol. The fourth-order valence-corrected chi connectivity index (χ4v) is 5.22. The van der Waals surface area contributed by atoms with Crippen LogP contribution in [0.3, 0.4) is 0 Å². The van der Waals surface area contributed by atoms with Crippen molar-refractivity contribution in [2.24, 2.45) is 0 Å². The monoisotopic (exact) mass is 422 g/mol. The number of hydrogen-bond acceptors (Lipinski definition) is 2. The fourth-order valence-electron chi connectivity index (χ4n) is 5.05. The lowest BCUT2D eigenvalue weighted by Crippen LogP contribution is -2.53. The van der Waals surface area contributed by atoms with Gasteiger partial charge in [0.15, 0.2) is 0 Å². The molecule has 30 heavy (non-hydrogen) atoms. The minimum Gasteiger partial charge on any atom is -0.344 e. The zero-order chi connectivity index (χ0) is 21.0. The van der Waals surface area contributed by atoms with Gasteiger partial charge in [0.1, 0.15) is 11.2 Å². The van der Waals surface area contributed by atoms with Gasteiger partial charge in [0.25, 0.3) is 0 Å². The zero-order valence-electron chi connectivity index (χ0n) is 16.4. The van der Waals surface area contributed by atoms with Crippen LogP contribution in [0.15, 0.2) is 59.7 Å². The van der Waals surface area contributed by atoms with Crippen LogP contribution in [0.4, 0.5) is 10.1 Å². The van der Waals surface area contributed by atoms with E-state index in [1.54, 1.807) is 18.2 Å². The SMILES string of the molecule is Cc1ccc(F)cc1C1NC(=O)C=C(C2=CCCC2)C12C(=O)Nc1cc(Cl)ccc12. The number of hydrogen-bond donors (Lipinski definition) is 2. The summed E-state index contributed by atoms with van der Waals surface area (Å²) < 4.78 is 14.3. The van der Waals surface area contributed by atoms with Gasteiger partial charge in [0.2, 0.25) is 11.8 Å². The molecular formula is C24H20ClFN2O2. The first-order chi connectivity index (χ1) is 14.4. The molecule has 3 aliphatic rings. The Kier molecular flexibility index (Phi) is 4.33. The summed E-state index contributed by atoms with van der Waals surface area (Å²) in [7, 11) is 0. The summed E-state index contributed by atoms with van der Waals surface area (Å²) in [6.45, 7) is 1.86. The lowest BCUT2D eigenvalue weighted by molar-refractivity contribution is -0.123. The van der Waals surface area contributed by atoms with Crippen molar-refractivity contribution in [3.05, 3.63) is 87.2 Å². The van der Waals surface area contributed by atoms with Crippen molar-refractivity contribution >= 4 is 29.1 Å². The first kappa shape index (κ1) is 19.1. The summed E-state index contributed by atoms with van der Waals surface area (Å²) in [6, 6.07) is 9.02. The molecule has 2 unspecified atom stereocenters. The topological polar surface area (TPSA) is 58.2 Å². The summed E-state index contributed by atoms with van der Waals surface area (Å²) in [5.41, 5.74) is 3.25. The van der Waals surface area contributed by atoms with Gasteiger partial charge in [-0.3, -0.25) is 9.59 Å². The molecule has 6 heteroatoms. The number of fused-ring (bicyclic) bond motifs is 2. The maximum atomic E-state index is 14.3. The highest BCUT2D eigenvalue weighted by atomic mass is 35.5. The number of amides is 2. The molecule has 5 rings (SSSR count). The molecule has 2 atom stereocenters. The highest BCUT2D eigenvalue weighted by Crippen LogP contribution is 2.55. The third kappa shape index (κ3) is 2.65. The molecule has 152 valence electrons. The summed E-state index contributed by atoms with van der Waals surface area (Å²) >= 11 is 6.19. The van der Waals surface area contributed by atoms with Crippen LogP contribution >= 0.6 is 11.6 Å². The Bertz CT molecular complexity index is 1170. The average Bonchev–Trinajstić information content (AvgIpc) is 3.33. The number of halogens is 2. The summed E-state index contributed by atoms with van der Waals surface area (Å²) in [5, 5.41) is 6.44. The molecule has 2 aromatic rings. The Labute approximate surface area is 178 Å². The molecule has 0 radical (unpaired) electrons. The van der Waals surface area contributed by atoms with E-state index in [1.807, 2.05) is 13.0 Å². The second-order valence-corrected chi connectivity index (χ2v) is 8.51. The molecule has 2 aliphatic heterocycles. The van der Waals surface area contributed by atoms with Gasteiger partial charge in [0.05, 0.1) is 6.04 Å². The Morgan fingerprint density at radius 1 is 1.17 bits per heavy atom. The molecule has 2 N–H and O–H groups in total. The third-order valence-corrected chi connectivity index (χ3v) is 6.61. The van der Waals surface area contributed by atoms with E-state index in [0.29, 0.717) is 21.8 Å². The first-order valence-electron chi connectivity index (χ1n) is 10.0. The van der Waals surface area contributed by atoms with Gasteiger partial charge in [-0.25, -0.2) is 4.39 Å². The van der Waals surface area contributed by atoms with E-state index in [1.165, 1.54) is 18.2 Å². The van der Waals surface area contributed by atoms with E-state index in [0.717, 1.165) is 36.0 Å². The lowest BCUT2D eigenvalue weighted by Gasteiger charge is -2.42. The molecule has 0 fully saturated rings. The highest BCUT2D eigenvalue weighted by molar-refractivity contribution is 6.31. The number of allylic oxidation sites excluding steroid dienone is 2. The van der Waals surface area contributed by atoms with Crippen LogP contribution in [0.5, 0.6) is 0 Å². The number of aryl methyl sites for hydroxylation is 1. The van der Waals surface area contributed by atoms with Crippen LogP contribution in [-0.4, -0.2) is 11.8 Å². The Balaban J connectivity index is 1.84. The van der Waals surface area contributed by atoms with E-state index >= 15 is 0 Å². The maximum Gasteiger partial charge on any atom is 0.244 e. The zero-order valence-corrected chi connectivity index (χ0v) is 17.1. The van der Waals surface area contributed by atoms with Gasteiger partial charge in [-0.1, -0.05) is 29.8 Å². The Morgan fingerprint density at radius 2 is 2.00 bits per heavy atom. The number of carbonyl (C=O) groups is 2. The van der Waals surface area contributed by atoms with Gasteiger partial charge in [-0.15, -0.1) is 0 Å². The van der Waals surface area contributed by atoms with Crippen LogP contribution in [0.2, 0.25) is 5.02 Å². The number of carbonyl (C=O) groups excluding carboxylic acids is 2. The van der Waals surface area contributed by atoms with Gasteiger partial charge in [-0.2, -0.15) is 0 Å². The van der Waals surface area contributed by atoms with Crippen LogP contribution in [0.25, 0.3) is 0 Å². The molecule has 1 spiro atoms. The summed E-state index contributed by atoms with van der Waals surface area (Å²) in [6.07, 6.45) is 6.31. The first-order valence-corrected chi connectivity index (χ1v) is 10.4. The predicted octanol–water partition coefficient (Wildman–Crippen LogP) is 4.89. The van der Waals surface area contributed by atoms with Crippen molar-refractivity contribution in [3.63, 3.8) is 0 Å². The number of rotatable bonds is 2. The van der Waals surface area contributed by atoms with E-state index in [4.69, 9.17) is 11.6 Å². The Hall–Kier alpha value is -2.92. The average molecular weight is 423 g/mol. The quantitative estimate of drug-likeness (QED) is 0.724. The van der Waals surface area contributed by atoms with Crippen molar-refractivity contribution in [2.75, 3.05) is 5.32 Å². The van der Waals surface area contributed by atoms with Crippen molar-refractivity contribution < 1.29 is 14.0 Å². The van der Waals surface area contributed by atoms with E-state index in [2.05, 4.69) is 16.7 Å². The summed E-state index contributed by atoms with van der Waals surface area (Å²) in [5.74, 6) is -0.939. The maximum absolute atomic E-state index is 14.3. The fraction of sp³-hybridized carbons (Fsp3) is 0.250. The highest BCUT2D eigenvalue weighted by Gasteiger charge is 2.58. The Morgan fingerprint density at radius 3 is 2.77 bits per heavy atom. The van der Waals surface area contributed by atoms with E-state index < -0.39 is 17.3 Å². The van der Waals surface area contributed by atoms with Crippen molar-refractivity contribution in [3.8, 4) is 0 Å². The number of nitrogens with one attached hydrogen (secondary N) is 2. The molecule has 0 saturated carbocycles. The second-order valence-electron chi connectivity index (χ2n) is 8.07. The molecule has 1 aliphatic carbocycles. The van der Waals surface area contributed by atoms with E-state index in [9.17, 15) is 14.0 Å². The summed E-state index contributed by atoms with van der Waals surface area (Å²) in [4.78, 5) is 26.5. The van der Waals surface area contributed by atoms with Gasteiger partial charge < -0.3 is 10.6 Å². The molecule has 2 heterocycles. The molecule has 0 saturated heterocycles. The molecule has 4 nitrogen and oxygen atoms in total. The van der Waals surface area contributed by atoms with Crippen molar-refractivity contribution in [2.45, 2.75) is 37.6 Å². The minimum absolute atomic E-state index is 0.243.